The smallest absolute Gasteiger partial charge is 0.123 e. The molecule has 0 aliphatic heterocycles. The van der Waals surface area contributed by atoms with Crippen molar-refractivity contribution in [2.45, 2.75) is 46.1 Å². The number of methoxy groups -OCH3 is 1. The zero-order valence-electron chi connectivity index (χ0n) is 12.2. The van der Waals surface area contributed by atoms with Gasteiger partial charge in [-0.3, -0.25) is 0 Å². The fraction of sp³-hybridized carbons (Fsp3) is 0.625. The molecule has 1 aliphatic carbocycles. The second-order valence-corrected chi connectivity index (χ2v) is 6.83. The topological polar surface area (TPSA) is 35.2 Å². The minimum Gasteiger partial charge on any atom is -0.496 e. The third-order valence-electron chi connectivity index (χ3n) is 4.34. The van der Waals surface area contributed by atoms with Gasteiger partial charge in [0.1, 0.15) is 5.75 Å². The number of aryl methyl sites for hydroxylation is 1. The van der Waals surface area contributed by atoms with Crippen LogP contribution in [0.25, 0.3) is 0 Å². The first-order valence-electron chi connectivity index (χ1n) is 6.70. The maximum absolute atomic E-state index is 6.58. The summed E-state index contributed by atoms with van der Waals surface area (Å²) in [6.07, 6.45) is 2.10. The summed E-state index contributed by atoms with van der Waals surface area (Å²) in [6.45, 7) is 8.99. The highest BCUT2D eigenvalue weighted by molar-refractivity contribution is 5.43. The molecule has 0 heterocycles. The Morgan fingerprint density at radius 2 is 1.89 bits per heavy atom. The van der Waals surface area contributed by atoms with Crippen LogP contribution < -0.4 is 10.5 Å². The summed E-state index contributed by atoms with van der Waals surface area (Å²) in [5.74, 6) is 1.63. The van der Waals surface area contributed by atoms with Crippen LogP contribution in [0.2, 0.25) is 0 Å². The number of nitrogens with two attached hydrogens (primary N) is 1. The van der Waals surface area contributed by atoms with Crippen LogP contribution in [0.4, 0.5) is 0 Å². The van der Waals surface area contributed by atoms with Crippen LogP contribution in [0.5, 0.6) is 5.75 Å². The van der Waals surface area contributed by atoms with Gasteiger partial charge in [-0.1, -0.05) is 38.5 Å². The summed E-state index contributed by atoms with van der Waals surface area (Å²) in [5.41, 5.74) is 9.14. The van der Waals surface area contributed by atoms with Gasteiger partial charge < -0.3 is 10.5 Å². The molecule has 1 aromatic carbocycles. The predicted octanol–water partition coefficient (Wildman–Crippen LogP) is 3.61. The SMILES string of the molecule is COc1ccc(C)cc1C1(N)CC(C(C)(C)C)C1. The normalized spacial score (nSPS) is 27.8. The van der Waals surface area contributed by atoms with E-state index in [1.54, 1.807) is 7.11 Å². The zero-order chi connectivity index (χ0) is 13.6. The molecule has 0 radical (unpaired) electrons. The summed E-state index contributed by atoms with van der Waals surface area (Å²) >= 11 is 0. The monoisotopic (exact) mass is 247 g/mol. The lowest BCUT2D eigenvalue weighted by atomic mass is 9.57. The van der Waals surface area contributed by atoms with Crippen molar-refractivity contribution < 1.29 is 4.74 Å². The highest BCUT2D eigenvalue weighted by Gasteiger charge is 2.48. The van der Waals surface area contributed by atoms with Crippen molar-refractivity contribution in [3.8, 4) is 5.75 Å². The van der Waals surface area contributed by atoms with E-state index in [0.29, 0.717) is 11.3 Å². The quantitative estimate of drug-likeness (QED) is 0.866. The molecule has 0 aromatic heterocycles. The molecule has 2 heteroatoms. The molecule has 0 bridgehead atoms. The van der Waals surface area contributed by atoms with E-state index in [1.165, 1.54) is 11.1 Å². The molecular formula is C16H25NO. The van der Waals surface area contributed by atoms with E-state index >= 15 is 0 Å². The first-order valence-corrected chi connectivity index (χ1v) is 6.70. The molecule has 0 atom stereocenters. The van der Waals surface area contributed by atoms with Gasteiger partial charge in [0.15, 0.2) is 0 Å². The van der Waals surface area contributed by atoms with Gasteiger partial charge in [-0.05, 0) is 37.2 Å². The summed E-state index contributed by atoms with van der Waals surface area (Å²) in [6, 6.07) is 6.28. The van der Waals surface area contributed by atoms with Crippen molar-refractivity contribution in [2.24, 2.45) is 17.1 Å². The maximum Gasteiger partial charge on any atom is 0.123 e. The van der Waals surface area contributed by atoms with Crippen LogP contribution in [-0.2, 0) is 5.54 Å². The Hall–Kier alpha value is -1.02. The van der Waals surface area contributed by atoms with Gasteiger partial charge in [0, 0.05) is 11.1 Å². The fourth-order valence-corrected chi connectivity index (χ4v) is 2.86. The fourth-order valence-electron chi connectivity index (χ4n) is 2.86. The van der Waals surface area contributed by atoms with Gasteiger partial charge >= 0.3 is 0 Å². The first kappa shape index (κ1) is 13.4. The Balaban J connectivity index is 2.26. The maximum atomic E-state index is 6.58. The lowest BCUT2D eigenvalue weighted by Gasteiger charge is -2.51. The number of rotatable bonds is 2. The Labute approximate surface area is 111 Å². The highest BCUT2D eigenvalue weighted by atomic mass is 16.5. The number of hydrogen-bond acceptors (Lipinski definition) is 2. The molecule has 1 saturated carbocycles. The lowest BCUT2D eigenvalue weighted by Crippen LogP contribution is -2.52. The Morgan fingerprint density at radius 1 is 1.28 bits per heavy atom. The molecule has 2 nitrogen and oxygen atoms in total. The Bertz CT molecular complexity index is 439. The molecule has 0 saturated heterocycles. The molecule has 0 amide bonds. The summed E-state index contributed by atoms with van der Waals surface area (Å²) < 4.78 is 5.46. The van der Waals surface area contributed by atoms with Gasteiger partial charge in [-0.15, -0.1) is 0 Å². The molecule has 100 valence electrons. The summed E-state index contributed by atoms with van der Waals surface area (Å²) in [4.78, 5) is 0. The van der Waals surface area contributed by atoms with Crippen molar-refractivity contribution in [2.75, 3.05) is 7.11 Å². The number of ether oxygens (including phenoxy) is 1. The van der Waals surface area contributed by atoms with Crippen LogP contribution in [0.3, 0.4) is 0 Å². The first-order chi connectivity index (χ1) is 8.26. The molecule has 2 rings (SSSR count). The van der Waals surface area contributed by atoms with Crippen molar-refractivity contribution in [3.63, 3.8) is 0 Å². The lowest BCUT2D eigenvalue weighted by molar-refractivity contribution is 0.0474. The number of hydrogen-bond donors (Lipinski definition) is 1. The van der Waals surface area contributed by atoms with E-state index in [1.807, 2.05) is 6.07 Å². The van der Waals surface area contributed by atoms with Crippen molar-refractivity contribution >= 4 is 0 Å². The summed E-state index contributed by atoms with van der Waals surface area (Å²) in [5, 5.41) is 0. The van der Waals surface area contributed by atoms with Gasteiger partial charge in [-0.2, -0.15) is 0 Å². The number of benzene rings is 1. The predicted molar refractivity (Wildman–Crippen MR) is 75.8 cm³/mol. The largest absolute Gasteiger partial charge is 0.496 e. The molecule has 1 aliphatic rings. The van der Waals surface area contributed by atoms with Crippen LogP contribution >= 0.6 is 0 Å². The second-order valence-electron chi connectivity index (χ2n) is 6.83. The Morgan fingerprint density at radius 3 is 2.39 bits per heavy atom. The van der Waals surface area contributed by atoms with E-state index in [4.69, 9.17) is 10.5 Å². The average molecular weight is 247 g/mol. The van der Waals surface area contributed by atoms with Gasteiger partial charge in [0.2, 0.25) is 0 Å². The van der Waals surface area contributed by atoms with Gasteiger partial charge in [0.05, 0.1) is 7.11 Å². The molecular weight excluding hydrogens is 222 g/mol. The van der Waals surface area contributed by atoms with E-state index < -0.39 is 0 Å². The van der Waals surface area contributed by atoms with Gasteiger partial charge in [0.25, 0.3) is 0 Å². The molecule has 2 N–H and O–H groups in total. The van der Waals surface area contributed by atoms with E-state index in [2.05, 4.69) is 39.8 Å². The standard InChI is InChI=1S/C16H25NO/c1-11-6-7-14(18-5)13(8-11)16(17)9-12(10-16)15(2,3)4/h6-8,12H,9-10,17H2,1-5H3. The third kappa shape index (κ3) is 2.26. The van der Waals surface area contributed by atoms with E-state index in [9.17, 15) is 0 Å². The molecule has 0 spiro atoms. The molecule has 18 heavy (non-hydrogen) atoms. The third-order valence-corrected chi connectivity index (χ3v) is 4.34. The van der Waals surface area contributed by atoms with Crippen molar-refractivity contribution in [1.82, 2.24) is 0 Å². The molecule has 1 aromatic rings. The minimum atomic E-state index is -0.199. The molecule has 0 unspecified atom stereocenters. The van der Waals surface area contributed by atoms with Gasteiger partial charge in [-0.25, -0.2) is 0 Å². The van der Waals surface area contributed by atoms with E-state index in [0.717, 1.165) is 18.6 Å². The van der Waals surface area contributed by atoms with Crippen molar-refractivity contribution in [3.05, 3.63) is 29.3 Å². The second kappa shape index (κ2) is 4.27. The van der Waals surface area contributed by atoms with Crippen molar-refractivity contribution in [1.29, 1.82) is 0 Å². The van der Waals surface area contributed by atoms with Crippen LogP contribution in [-0.4, -0.2) is 7.11 Å². The average Bonchev–Trinajstić information content (AvgIpc) is 2.23. The van der Waals surface area contributed by atoms with Crippen LogP contribution in [0, 0.1) is 18.3 Å². The Kier molecular flexibility index (Phi) is 3.18. The van der Waals surface area contributed by atoms with Crippen LogP contribution in [0.1, 0.15) is 44.7 Å². The zero-order valence-corrected chi connectivity index (χ0v) is 12.2. The van der Waals surface area contributed by atoms with E-state index in [-0.39, 0.29) is 5.54 Å². The minimum absolute atomic E-state index is 0.199. The summed E-state index contributed by atoms with van der Waals surface area (Å²) in [7, 11) is 1.72. The van der Waals surface area contributed by atoms with Crippen LogP contribution in [0.15, 0.2) is 18.2 Å². The highest BCUT2D eigenvalue weighted by Crippen LogP contribution is 2.53. The molecule has 1 fully saturated rings.